The lowest BCUT2D eigenvalue weighted by Crippen LogP contribution is -2.43. The summed E-state index contributed by atoms with van der Waals surface area (Å²) in [6.07, 6.45) is 5.87. The van der Waals surface area contributed by atoms with Gasteiger partial charge in [0, 0.05) is 51.8 Å². The number of aliphatic hydroxyl groups is 1. The van der Waals surface area contributed by atoms with Gasteiger partial charge in [-0.05, 0) is 55.1 Å². The molecule has 4 rings (SSSR count). The van der Waals surface area contributed by atoms with Crippen LogP contribution in [-0.4, -0.2) is 77.4 Å². The normalized spacial score (nSPS) is 19.0. The van der Waals surface area contributed by atoms with Gasteiger partial charge in [-0.25, -0.2) is 0 Å². The highest BCUT2D eigenvalue weighted by Gasteiger charge is 2.33. The van der Waals surface area contributed by atoms with Gasteiger partial charge in [0.25, 0.3) is 0 Å². The fraction of sp³-hybridized carbons (Fsp3) is 0.429. The topological polar surface area (TPSA) is 64.1 Å². The molecule has 2 heterocycles. The Hall–Kier alpha value is -2.38. The maximum atomic E-state index is 12.7. The molecule has 2 aliphatic heterocycles. The Bertz CT molecular complexity index is 1080. The number of likely N-dealkylation sites (tertiary alicyclic amines) is 1. The number of benzene rings is 2. The Kier molecular flexibility index (Phi) is 9.07. The van der Waals surface area contributed by atoms with E-state index in [2.05, 4.69) is 4.90 Å². The molecule has 2 saturated heterocycles. The fourth-order valence-electron chi connectivity index (χ4n) is 4.88. The van der Waals surface area contributed by atoms with Crippen molar-refractivity contribution in [2.75, 3.05) is 45.8 Å². The smallest absolute Gasteiger partial charge is 0.246 e. The second kappa shape index (κ2) is 12.2. The molecule has 2 aliphatic rings. The minimum absolute atomic E-state index is 0.0934. The molecule has 0 aliphatic carbocycles. The van der Waals surface area contributed by atoms with Crippen LogP contribution in [-0.2, 0) is 15.2 Å². The highest BCUT2D eigenvalue weighted by Crippen LogP contribution is 2.32. The molecular formula is C28H33Cl2N3O3. The van der Waals surface area contributed by atoms with Crippen molar-refractivity contribution >= 4 is 41.1 Å². The lowest BCUT2D eigenvalue weighted by molar-refractivity contribution is -0.130. The van der Waals surface area contributed by atoms with Gasteiger partial charge in [-0.1, -0.05) is 59.6 Å². The fourth-order valence-corrected chi connectivity index (χ4v) is 5.19. The van der Waals surface area contributed by atoms with Gasteiger partial charge in [-0.2, -0.15) is 0 Å². The average Bonchev–Trinajstić information content (AvgIpc) is 3.08. The Balaban J connectivity index is 1.21. The zero-order chi connectivity index (χ0) is 25.5. The highest BCUT2D eigenvalue weighted by molar-refractivity contribution is 6.42. The predicted octanol–water partition coefficient (Wildman–Crippen LogP) is 4.44. The number of carbonyl (C=O) groups is 2. The molecule has 6 nitrogen and oxygen atoms in total. The Labute approximate surface area is 223 Å². The summed E-state index contributed by atoms with van der Waals surface area (Å²) in [5.74, 6) is -0.0224. The van der Waals surface area contributed by atoms with Gasteiger partial charge in [0.2, 0.25) is 11.8 Å². The first-order chi connectivity index (χ1) is 17.3. The molecule has 0 saturated carbocycles. The summed E-state index contributed by atoms with van der Waals surface area (Å²) in [6.45, 7) is 4.73. The third-order valence-electron chi connectivity index (χ3n) is 7.16. The largest absolute Gasteiger partial charge is 0.385 e. The zero-order valence-electron chi connectivity index (χ0n) is 20.4. The van der Waals surface area contributed by atoms with Crippen molar-refractivity contribution in [3.05, 3.63) is 75.8 Å². The second-order valence-corrected chi connectivity index (χ2v) is 10.4. The monoisotopic (exact) mass is 529 g/mol. The van der Waals surface area contributed by atoms with Crippen LogP contribution < -0.4 is 0 Å². The Morgan fingerprint density at radius 2 is 1.69 bits per heavy atom. The van der Waals surface area contributed by atoms with Crippen molar-refractivity contribution in [1.82, 2.24) is 14.7 Å². The summed E-state index contributed by atoms with van der Waals surface area (Å²) in [5, 5.41) is 11.9. The number of hydrogen-bond acceptors (Lipinski definition) is 4. The van der Waals surface area contributed by atoms with E-state index < -0.39 is 5.60 Å². The van der Waals surface area contributed by atoms with Crippen molar-refractivity contribution in [1.29, 1.82) is 0 Å². The molecule has 0 spiro atoms. The van der Waals surface area contributed by atoms with E-state index in [1.54, 1.807) is 29.2 Å². The van der Waals surface area contributed by atoms with E-state index in [0.717, 1.165) is 37.2 Å². The predicted molar refractivity (Wildman–Crippen MR) is 144 cm³/mol. The van der Waals surface area contributed by atoms with Crippen LogP contribution in [0.25, 0.3) is 6.08 Å². The van der Waals surface area contributed by atoms with E-state index in [-0.39, 0.29) is 11.8 Å². The van der Waals surface area contributed by atoms with E-state index in [4.69, 9.17) is 23.2 Å². The van der Waals surface area contributed by atoms with Crippen molar-refractivity contribution < 1.29 is 14.7 Å². The minimum Gasteiger partial charge on any atom is -0.385 e. The maximum Gasteiger partial charge on any atom is 0.246 e. The van der Waals surface area contributed by atoms with E-state index in [1.165, 1.54) is 6.08 Å². The van der Waals surface area contributed by atoms with Crippen LogP contribution in [0.3, 0.4) is 0 Å². The third-order valence-corrected chi connectivity index (χ3v) is 7.90. The van der Waals surface area contributed by atoms with Crippen LogP contribution in [0.2, 0.25) is 10.0 Å². The van der Waals surface area contributed by atoms with E-state index in [0.29, 0.717) is 55.5 Å². The second-order valence-electron chi connectivity index (χ2n) is 9.56. The van der Waals surface area contributed by atoms with Crippen LogP contribution in [0, 0.1) is 0 Å². The van der Waals surface area contributed by atoms with Crippen molar-refractivity contribution in [3.8, 4) is 0 Å². The molecule has 2 fully saturated rings. The molecule has 2 aromatic carbocycles. The SMILES string of the molecule is O=C(/C=C/c1ccc(Cl)c(Cl)c1)N1CCC(=O)N(CCCN2CCC(O)(c3ccccc3)CC2)CC1. The number of nitrogens with zero attached hydrogens (tertiary/aromatic N) is 3. The number of hydrogen-bond donors (Lipinski definition) is 1. The molecule has 192 valence electrons. The molecule has 0 bridgehead atoms. The summed E-state index contributed by atoms with van der Waals surface area (Å²) in [7, 11) is 0. The van der Waals surface area contributed by atoms with Gasteiger partial charge < -0.3 is 19.8 Å². The Morgan fingerprint density at radius 1 is 0.944 bits per heavy atom. The lowest BCUT2D eigenvalue weighted by atomic mass is 9.84. The molecule has 0 radical (unpaired) electrons. The third kappa shape index (κ3) is 6.88. The quantitative estimate of drug-likeness (QED) is 0.538. The lowest BCUT2D eigenvalue weighted by Gasteiger charge is -2.38. The van der Waals surface area contributed by atoms with Crippen molar-refractivity contribution in [2.45, 2.75) is 31.3 Å². The first kappa shape index (κ1) is 26.7. The molecular weight excluding hydrogens is 497 g/mol. The van der Waals surface area contributed by atoms with Gasteiger partial charge in [-0.3, -0.25) is 9.59 Å². The van der Waals surface area contributed by atoms with Crippen LogP contribution in [0.4, 0.5) is 0 Å². The first-order valence-electron chi connectivity index (χ1n) is 12.5. The molecule has 1 N–H and O–H groups in total. The standard InChI is InChI=1S/C28H33Cl2N3O3/c29-24-9-7-22(21-25(24)30)8-10-26(34)33-16-11-27(35)32(19-20-33)15-4-14-31-17-12-28(36,13-18-31)23-5-2-1-3-6-23/h1-3,5-10,21,36H,4,11-20H2/b10-8+. The van der Waals surface area contributed by atoms with Crippen LogP contribution >= 0.6 is 23.2 Å². The molecule has 0 aromatic heterocycles. The molecule has 0 atom stereocenters. The number of piperidine rings is 1. The first-order valence-corrected chi connectivity index (χ1v) is 13.3. The van der Waals surface area contributed by atoms with Gasteiger partial charge in [0.05, 0.1) is 15.6 Å². The average molecular weight is 530 g/mol. The van der Waals surface area contributed by atoms with Crippen molar-refractivity contribution in [3.63, 3.8) is 0 Å². The summed E-state index contributed by atoms with van der Waals surface area (Å²) < 4.78 is 0. The van der Waals surface area contributed by atoms with Gasteiger partial charge >= 0.3 is 0 Å². The number of rotatable bonds is 7. The van der Waals surface area contributed by atoms with E-state index in [9.17, 15) is 14.7 Å². The molecule has 0 unspecified atom stereocenters. The van der Waals surface area contributed by atoms with Crippen molar-refractivity contribution in [2.24, 2.45) is 0 Å². The van der Waals surface area contributed by atoms with Gasteiger partial charge in [0.1, 0.15) is 0 Å². The van der Waals surface area contributed by atoms with Crippen LogP contribution in [0.5, 0.6) is 0 Å². The summed E-state index contributed by atoms with van der Waals surface area (Å²) in [5.41, 5.74) is 1.04. The van der Waals surface area contributed by atoms with Gasteiger partial charge in [-0.15, -0.1) is 0 Å². The van der Waals surface area contributed by atoms with Gasteiger partial charge in [0.15, 0.2) is 0 Å². The zero-order valence-corrected chi connectivity index (χ0v) is 21.9. The van der Waals surface area contributed by atoms with Crippen LogP contribution in [0.1, 0.15) is 36.8 Å². The van der Waals surface area contributed by atoms with E-state index >= 15 is 0 Å². The molecule has 2 amide bonds. The summed E-state index contributed by atoms with van der Waals surface area (Å²) >= 11 is 12.0. The molecule has 36 heavy (non-hydrogen) atoms. The molecule has 8 heteroatoms. The number of amides is 2. The number of halogens is 2. The highest BCUT2D eigenvalue weighted by atomic mass is 35.5. The summed E-state index contributed by atoms with van der Waals surface area (Å²) in [6, 6.07) is 15.1. The Morgan fingerprint density at radius 3 is 2.42 bits per heavy atom. The summed E-state index contributed by atoms with van der Waals surface area (Å²) in [4.78, 5) is 31.3. The number of carbonyl (C=O) groups excluding carboxylic acids is 2. The van der Waals surface area contributed by atoms with Crippen LogP contribution in [0.15, 0.2) is 54.6 Å². The minimum atomic E-state index is -0.747. The van der Waals surface area contributed by atoms with E-state index in [1.807, 2.05) is 35.2 Å². The maximum absolute atomic E-state index is 12.7. The molecule has 2 aromatic rings.